The van der Waals surface area contributed by atoms with E-state index in [1.807, 2.05) is 4.72 Å². The molecular formula is C13H14F3NO3S. The predicted octanol–water partition coefficient (Wildman–Crippen LogP) is 1.57. The lowest BCUT2D eigenvalue weighted by molar-refractivity contribution is -0.132. The van der Waals surface area contributed by atoms with Crippen LogP contribution in [0.5, 0.6) is 0 Å². The average molecular weight is 321 g/mol. The summed E-state index contributed by atoms with van der Waals surface area (Å²) in [6.45, 7) is 0.430. The van der Waals surface area contributed by atoms with Gasteiger partial charge in [0.2, 0.25) is 10.0 Å². The zero-order valence-corrected chi connectivity index (χ0v) is 12.0. The molecule has 0 aromatic heterocycles. The molecule has 0 radical (unpaired) electrons. The predicted molar refractivity (Wildman–Crippen MR) is 71.0 cm³/mol. The minimum atomic E-state index is -4.42. The van der Waals surface area contributed by atoms with Gasteiger partial charge in [-0.15, -0.1) is 0 Å². The van der Waals surface area contributed by atoms with E-state index in [2.05, 4.69) is 11.8 Å². The van der Waals surface area contributed by atoms with E-state index in [1.54, 1.807) is 6.07 Å². The highest BCUT2D eigenvalue weighted by Gasteiger charge is 2.27. The normalized spacial score (nSPS) is 11.9. The maximum atomic E-state index is 12.0. The van der Waals surface area contributed by atoms with Gasteiger partial charge in [0.05, 0.1) is 11.3 Å². The van der Waals surface area contributed by atoms with Gasteiger partial charge in [-0.3, -0.25) is 0 Å². The number of aliphatic hydroxyl groups excluding tert-OH is 1. The molecule has 1 rings (SSSR count). The Hall–Kier alpha value is -1.56. The molecule has 0 aliphatic rings. The highest BCUT2D eigenvalue weighted by molar-refractivity contribution is 7.89. The highest BCUT2D eigenvalue weighted by atomic mass is 32.2. The van der Waals surface area contributed by atoms with Gasteiger partial charge < -0.3 is 5.11 Å². The molecule has 4 nitrogen and oxygen atoms in total. The van der Waals surface area contributed by atoms with Crippen molar-refractivity contribution in [3.8, 4) is 11.8 Å². The highest BCUT2D eigenvalue weighted by Crippen LogP contribution is 2.20. The van der Waals surface area contributed by atoms with Crippen molar-refractivity contribution in [3.63, 3.8) is 0 Å². The summed E-state index contributed by atoms with van der Waals surface area (Å²) in [4.78, 5) is -0.130. The van der Waals surface area contributed by atoms with E-state index in [0.717, 1.165) is 0 Å². The van der Waals surface area contributed by atoms with E-state index >= 15 is 0 Å². The molecule has 0 atom stereocenters. The van der Waals surface area contributed by atoms with Crippen molar-refractivity contribution < 1.29 is 26.7 Å². The van der Waals surface area contributed by atoms with Crippen LogP contribution >= 0.6 is 0 Å². The fourth-order valence-corrected chi connectivity index (χ4v) is 2.81. The minimum absolute atomic E-state index is 0.130. The smallest absolute Gasteiger partial charge is 0.384 e. The summed E-state index contributed by atoms with van der Waals surface area (Å²) in [5.41, 5.74) is 0.745. The van der Waals surface area contributed by atoms with Crippen LogP contribution < -0.4 is 4.72 Å². The molecule has 0 aliphatic carbocycles. The van der Waals surface area contributed by atoms with Crippen molar-refractivity contribution in [3.05, 3.63) is 29.3 Å². The average Bonchev–Trinajstić information content (AvgIpc) is 2.35. The Morgan fingerprint density at radius 3 is 2.57 bits per heavy atom. The number of hydrogen-bond donors (Lipinski definition) is 2. The number of halogens is 3. The monoisotopic (exact) mass is 321 g/mol. The third-order valence-electron chi connectivity index (χ3n) is 2.49. The van der Waals surface area contributed by atoms with Gasteiger partial charge in [0.15, 0.2) is 0 Å². The fourth-order valence-electron chi connectivity index (χ4n) is 1.51. The second-order valence-electron chi connectivity index (χ2n) is 4.20. The van der Waals surface area contributed by atoms with Crippen LogP contribution in [0.2, 0.25) is 0 Å². The zero-order chi connectivity index (χ0) is 16.1. The maximum Gasteiger partial charge on any atom is 0.390 e. The first-order valence-corrected chi connectivity index (χ1v) is 7.41. The number of benzene rings is 1. The van der Waals surface area contributed by atoms with Gasteiger partial charge in [-0.25, -0.2) is 13.1 Å². The molecule has 116 valence electrons. The molecule has 0 saturated heterocycles. The SMILES string of the molecule is Cc1ccc(C#CCO)cc1S(=O)(=O)NCCC(F)(F)F. The molecular weight excluding hydrogens is 307 g/mol. The van der Waals surface area contributed by atoms with Crippen LogP contribution in [0.25, 0.3) is 0 Å². The summed E-state index contributed by atoms with van der Waals surface area (Å²) in [7, 11) is -4.04. The summed E-state index contributed by atoms with van der Waals surface area (Å²) in [6, 6.07) is 4.32. The Labute approximate surface area is 121 Å². The van der Waals surface area contributed by atoms with Crippen molar-refractivity contribution in [2.24, 2.45) is 0 Å². The van der Waals surface area contributed by atoms with E-state index in [9.17, 15) is 21.6 Å². The molecule has 0 aliphatic heterocycles. The Kier molecular flexibility index (Phi) is 5.78. The van der Waals surface area contributed by atoms with Gasteiger partial charge >= 0.3 is 6.18 Å². The first kappa shape index (κ1) is 17.5. The van der Waals surface area contributed by atoms with Crippen LogP contribution in [-0.2, 0) is 10.0 Å². The Balaban J connectivity index is 2.97. The van der Waals surface area contributed by atoms with Gasteiger partial charge in [0.1, 0.15) is 6.61 Å². The molecule has 0 unspecified atom stereocenters. The number of nitrogens with one attached hydrogen (secondary N) is 1. The number of alkyl halides is 3. The number of hydrogen-bond acceptors (Lipinski definition) is 3. The molecule has 0 heterocycles. The van der Waals surface area contributed by atoms with Gasteiger partial charge in [0, 0.05) is 12.1 Å². The van der Waals surface area contributed by atoms with Crippen molar-refractivity contribution >= 4 is 10.0 Å². The Morgan fingerprint density at radius 2 is 2.00 bits per heavy atom. The van der Waals surface area contributed by atoms with Crippen molar-refractivity contribution in [2.45, 2.75) is 24.4 Å². The van der Waals surface area contributed by atoms with Crippen LogP contribution in [0.1, 0.15) is 17.5 Å². The van der Waals surface area contributed by atoms with Crippen molar-refractivity contribution in [1.29, 1.82) is 0 Å². The lowest BCUT2D eigenvalue weighted by Gasteiger charge is -2.11. The third-order valence-corrected chi connectivity index (χ3v) is 4.09. The fraction of sp³-hybridized carbons (Fsp3) is 0.385. The van der Waals surface area contributed by atoms with Crippen LogP contribution in [0.3, 0.4) is 0 Å². The largest absolute Gasteiger partial charge is 0.390 e. The van der Waals surface area contributed by atoms with Gasteiger partial charge in [0.25, 0.3) is 0 Å². The molecule has 8 heteroatoms. The molecule has 0 amide bonds. The molecule has 0 spiro atoms. The van der Waals surface area contributed by atoms with Crippen molar-refractivity contribution in [2.75, 3.05) is 13.2 Å². The van der Waals surface area contributed by atoms with Crippen molar-refractivity contribution in [1.82, 2.24) is 4.72 Å². The summed E-state index contributed by atoms with van der Waals surface area (Å²) in [5.74, 6) is 4.91. The number of sulfonamides is 1. The number of aryl methyl sites for hydroxylation is 1. The van der Waals surface area contributed by atoms with E-state index in [0.29, 0.717) is 11.1 Å². The number of rotatable bonds is 4. The summed E-state index contributed by atoms with van der Waals surface area (Å²) < 4.78 is 62.0. The van der Waals surface area contributed by atoms with Gasteiger partial charge in [-0.1, -0.05) is 17.9 Å². The molecule has 1 aromatic carbocycles. The van der Waals surface area contributed by atoms with Crippen LogP contribution in [0.4, 0.5) is 13.2 Å². The molecule has 0 bridgehead atoms. The van der Waals surface area contributed by atoms with E-state index < -0.39 is 29.2 Å². The quantitative estimate of drug-likeness (QED) is 0.827. The Morgan fingerprint density at radius 1 is 1.33 bits per heavy atom. The molecule has 0 saturated carbocycles. The second kappa shape index (κ2) is 6.93. The lowest BCUT2D eigenvalue weighted by atomic mass is 10.1. The second-order valence-corrected chi connectivity index (χ2v) is 5.94. The van der Waals surface area contributed by atoms with Crippen LogP contribution in [-0.4, -0.2) is 32.9 Å². The first-order valence-electron chi connectivity index (χ1n) is 5.92. The summed E-state index contributed by atoms with van der Waals surface area (Å²) >= 11 is 0. The molecule has 0 fully saturated rings. The van der Waals surface area contributed by atoms with E-state index in [-0.39, 0.29) is 11.5 Å². The standard InChI is InChI=1S/C13H14F3NO3S/c1-10-4-5-11(3-2-8-18)9-12(10)21(19,20)17-7-6-13(14,15)16/h4-5,9,17-18H,6-8H2,1H3. The molecule has 21 heavy (non-hydrogen) atoms. The van der Waals surface area contributed by atoms with Crippen LogP contribution in [0, 0.1) is 18.8 Å². The minimum Gasteiger partial charge on any atom is -0.384 e. The summed E-state index contributed by atoms with van der Waals surface area (Å²) in [5, 5.41) is 8.59. The number of aliphatic hydroxyl groups is 1. The van der Waals surface area contributed by atoms with Gasteiger partial charge in [-0.2, -0.15) is 13.2 Å². The summed E-state index contributed by atoms with van der Waals surface area (Å²) in [6.07, 6.45) is -5.67. The maximum absolute atomic E-state index is 12.0. The Bertz CT molecular complexity index is 657. The van der Waals surface area contributed by atoms with Crippen LogP contribution in [0.15, 0.2) is 23.1 Å². The lowest BCUT2D eigenvalue weighted by Crippen LogP contribution is -2.28. The third kappa shape index (κ3) is 5.75. The van der Waals surface area contributed by atoms with Gasteiger partial charge in [-0.05, 0) is 24.6 Å². The van der Waals surface area contributed by atoms with E-state index in [4.69, 9.17) is 5.11 Å². The first-order chi connectivity index (χ1) is 9.65. The topological polar surface area (TPSA) is 66.4 Å². The molecule has 2 N–H and O–H groups in total. The zero-order valence-electron chi connectivity index (χ0n) is 11.2. The van der Waals surface area contributed by atoms with E-state index in [1.165, 1.54) is 19.1 Å². The molecule has 1 aromatic rings.